The number of carbonyl (C=O) groups excluding carboxylic acids is 1. The summed E-state index contributed by atoms with van der Waals surface area (Å²) >= 11 is 6.61. The molecule has 11 heteroatoms. The molecule has 0 unspecified atom stereocenters. The lowest BCUT2D eigenvalue weighted by atomic mass is 9.95. The molecule has 3 fully saturated rings. The lowest BCUT2D eigenvalue weighted by Crippen LogP contribution is -2.55. The zero-order chi connectivity index (χ0) is 32.0. The fourth-order valence-corrected chi connectivity index (χ4v) is 7.81. The molecule has 0 spiro atoms. The Kier molecular flexibility index (Phi) is 7.99. The maximum Gasteiger partial charge on any atom is 0.319 e. The predicted octanol–water partition coefficient (Wildman–Crippen LogP) is 6.31. The zero-order valence-electron chi connectivity index (χ0n) is 25.3. The fraction of sp³-hybridized carbons (Fsp3) is 0.371. The van der Waals surface area contributed by atoms with Crippen molar-refractivity contribution in [1.82, 2.24) is 19.8 Å². The molecule has 46 heavy (non-hydrogen) atoms. The van der Waals surface area contributed by atoms with E-state index in [0.717, 1.165) is 30.2 Å². The molecule has 236 valence electrons. The van der Waals surface area contributed by atoms with E-state index in [1.54, 1.807) is 17.0 Å². The third kappa shape index (κ3) is 5.31. The first-order valence-electron chi connectivity index (χ1n) is 15.6. The molecule has 1 amide bonds. The number of anilines is 1. The van der Waals surface area contributed by atoms with Gasteiger partial charge in [-0.3, -0.25) is 9.69 Å². The molecule has 7 rings (SSSR count). The van der Waals surface area contributed by atoms with E-state index in [0.29, 0.717) is 65.5 Å². The first-order valence-corrected chi connectivity index (χ1v) is 15.9. The minimum Gasteiger partial charge on any atom is -0.461 e. The Balaban J connectivity index is 1.33. The maximum absolute atomic E-state index is 16.2. The van der Waals surface area contributed by atoms with E-state index in [1.807, 2.05) is 35.2 Å². The Morgan fingerprint density at radius 3 is 2.78 bits per heavy atom. The molecule has 0 saturated carbocycles. The number of fused-ring (bicyclic) bond motifs is 3. The number of piperazine rings is 1. The van der Waals surface area contributed by atoms with Crippen molar-refractivity contribution in [2.75, 3.05) is 44.2 Å². The van der Waals surface area contributed by atoms with E-state index < -0.39 is 23.6 Å². The normalized spacial score (nSPS) is 23.1. The molecular weight excluding hydrogens is 610 g/mol. The Hall–Kier alpha value is -4.33. The van der Waals surface area contributed by atoms with Gasteiger partial charge in [0.25, 0.3) is 0 Å². The van der Waals surface area contributed by atoms with Crippen molar-refractivity contribution in [2.24, 2.45) is 0 Å². The number of nitrogens with zero attached hydrogens (tertiary/aromatic N) is 6. The van der Waals surface area contributed by atoms with Gasteiger partial charge in [-0.05, 0) is 54.6 Å². The number of benzene rings is 3. The van der Waals surface area contributed by atoms with Gasteiger partial charge in [-0.25, -0.2) is 8.78 Å². The van der Waals surface area contributed by atoms with Crippen LogP contribution in [0.4, 0.5) is 14.6 Å². The van der Waals surface area contributed by atoms with Crippen molar-refractivity contribution < 1.29 is 18.3 Å². The second-order valence-corrected chi connectivity index (χ2v) is 12.8. The number of hydrogen-bond donors (Lipinski definition) is 0. The Labute approximate surface area is 270 Å². The van der Waals surface area contributed by atoms with E-state index in [2.05, 4.69) is 17.5 Å². The van der Waals surface area contributed by atoms with Gasteiger partial charge < -0.3 is 14.5 Å². The van der Waals surface area contributed by atoms with Crippen LogP contribution in [0.15, 0.2) is 61.2 Å². The number of amides is 1. The van der Waals surface area contributed by atoms with Crippen molar-refractivity contribution in [3.05, 3.63) is 72.0 Å². The summed E-state index contributed by atoms with van der Waals surface area (Å²) < 4.78 is 36.9. The summed E-state index contributed by atoms with van der Waals surface area (Å²) in [5.74, 6) is -0.262. The molecule has 3 aromatic carbocycles. The highest BCUT2D eigenvalue weighted by Gasteiger charge is 2.49. The van der Waals surface area contributed by atoms with Crippen LogP contribution in [0.1, 0.15) is 25.7 Å². The maximum atomic E-state index is 16.2. The van der Waals surface area contributed by atoms with Gasteiger partial charge in [0.05, 0.1) is 29.6 Å². The standard InChI is InChI=1S/C35H33ClF2N6O2/c1-2-31(45)44-15-14-42(20-24(44)10-12-39)33-27-16-29(38)26(25-8-3-6-22-7-4-9-28(36)32(22)25)17-30(27)40-34(41-33)46-21-35-11-5-13-43(35)19-23(37)18-35/h2-4,6-9,16-17,23-24H,1,5,10-11,13-15,18-21H2/t23-,24+,35+/m1/s1. The molecule has 4 aromatic rings. The quantitative estimate of drug-likeness (QED) is 0.218. The van der Waals surface area contributed by atoms with Gasteiger partial charge in [-0.15, -0.1) is 0 Å². The second-order valence-electron chi connectivity index (χ2n) is 12.4. The third-order valence-electron chi connectivity index (χ3n) is 9.69. The number of hydrogen-bond acceptors (Lipinski definition) is 7. The molecule has 8 nitrogen and oxygen atoms in total. The Bertz CT molecular complexity index is 1890. The highest BCUT2D eigenvalue weighted by atomic mass is 35.5. The largest absolute Gasteiger partial charge is 0.461 e. The van der Waals surface area contributed by atoms with Crippen LogP contribution in [0, 0.1) is 17.1 Å². The molecule has 0 bridgehead atoms. The summed E-state index contributed by atoms with van der Waals surface area (Å²) in [7, 11) is 0. The van der Waals surface area contributed by atoms with Crippen LogP contribution in [0.3, 0.4) is 0 Å². The lowest BCUT2D eigenvalue weighted by Gasteiger charge is -2.41. The lowest BCUT2D eigenvalue weighted by molar-refractivity contribution is -0.128. The number of rotatable bonds is 7. The van der Waals surface area contributed by atoms with E-state index in [9.17, 15) is 14.4 Å². The molecule has 0 N–H and O–H groups in total. The average Bonchev–Trinajstić information content (AvgIpc) is 3.58. The number of alkyl halides is 1. The van der Waals surface area contributed by atoms with Crippen LogP contribution in [0.2, 0.25) is 5.02 Å². The van der Waals surface area contributed by atoms with Crippen molar-refractivity contribution in [3.8, 4) is 23.2 Å². The summed E-state index contributed by atoms with van der Waals surface area (Å²) in [6, 6.07) is 16.2. The molecule has 0 radical (unpaired) electrons. The molecule has 0 aliphatic carbocycles. The monoisotopic (exact) mass is 642 g/mol. The van der Waals surface area contributed by atoms with Crippen molar-refractivity contribution >= 4 is 45.0 Å². The van der Waals surface area contributed by atoms with Crippen molar-refractivity contribution in [1.29, 1.82) is 5.26 Å². The van der Waals surface area contributed by atoms with Crippen LogP contribution in [0.25, 0.3) is 32.8 Å². The number of nitriles is 1. The highest BCUT2D eigenvalue weighted by Crippen LogP contribution is 2.41. The Morgan fingerprint density at radius 2 is 1.98 bits per heavy atom. The first-order chi connectivity index (χ1) is 22.3. The number of ether oxygens (including phenoxy) is 1. The molecule has 3 atom stereocenters. The van der Waals surface area contributed by atoms with E-state index in [1.165, 1.54) is 12.1 Å². The summed E-state index contributed by atoms with van der Waals surface area (Å²) in [6.07, 6.45) is 2.68. The summed E-state index contributed by atoms with van der Waals surface area (Å²) in [6.45, 7) is 6.12. The van der Waals surface area contributed by atoms with Crippen LogP contribution < -0.4 is 9.64 Å². The Morgan fingerprint density at radius 1 is 1.15 bits per heavy atom. The van der Waals surface area contributed by atoms with Gasteiger partial charge in [0.2, 0.25) is 5.91 Å². The van der Waals surface area contributed by atoms with Crippen LogP contribution in [-0.4, -0.2) is 82.8 Å². The van der Waals surface area contributed by atoms with Gasteiger partial charge in [-0.2, -0.15) is 15.2 Å². The number of aromatic nitrogens is 2. The van der Waals surface area contributed by atoms with E-state index in [4.69, 9.17) is 26.3 Å². The molecule has 3 saturated heterocycles. The minimum atomic E-state index is -0.901. The van der Waals surface area contributed by atoms with Crippen LogP contribution >= 0.6 is 11.6 Å². The summed E-state index contributed by atoms with van der Waals surface area (Å²) in [4.78, 5) is 27.9. The van der Waals surface area contributed by atoms with Crippen molar-refractivity contribution in [2.45, 2.75) is 43.4 Å². The van der Waals surface area contributed by atoms with Gasteiger partial charge in [0.15, 0.2) is 0 Å². The topological polar surface area (TPSA) is 85.6 Å². The van der Waals surface area contributed by atoms with Gasteiger partial charge in [0, 0.05) is 54.0 Å². The predicted molar refractivity (Wildman–Crippen MR) is 174 cm³/mol. The van der Waals surface area contributed by atoms with Crippen LogP contribution in [-0.2, 0) is 4.79 Å². The average molecular weight is 643 g/mol. The minimum absolute atomic E-state index is 0.112. The highest BCUT2D eigenvalue weighted by molar-refractivity contribution is 6.36. The van der Waals surface area contributed by atoms with E-state index >= 15 is 4.39 Å². The molecule has 4 heterocycles. The van der Waals surface area contributed by atoms with Gasteiger partial charge in [-0.1, -0.05) is 48.5 Å². The molecule has 1 aromatic heterocycles. The molecular formula is C35H33ClF2N6O2. The SMILES string of the molecule is C=CC(=O)N1CCN(c2nc(OC[C@@]34CCCN3C[C@H](F)C4)nc3cc(-c4cccc5cccc(Cl)c45)c(F)cc23)C[C@@H]1CC#N. The smallest absolute Gasteiger partial charge is 0.319 e. The van der Waals surface area contributed by atoms with Gasteiger partial charge >= 0.3 is 6.01 Å². The third-order valence-corrected chi connectivity index (χ3v) is 10.0. The first kappa shape index (κ1) is 30.3. The van der Waals surface area contributed by atoms with Crippen molar-refractivity contribution in [3.63, 3.8) is 0 Å². The summed E-state index contributed by atoms with van der Waals surface area (Å²) in [5, 5.41) is 12.1. The van der Waals surface area contributed by atoms with Crippen LogP contribution in [0.5, 0.6) is 6.01 Å². The molecule has 3 aliphatic rings. The number of carbonyl (C=O) groups is 1. The fourth-order valence-electron chi connectivity index (χ4n) is 7.53. The molecule has 3 aliphatic heterocycles. The van der Waals surface area contributed by atoms with Gasteiger partial charge in [0.1, 0.15) is 24.4 Å². The second kappa shape index (κ2) is 12.1. The van der Waals surface area contributed by atoms with E-state index in [-0.39, 0.29) is 24.9 Å². The number of halogens is 3. The summed E-state index contributed by atoms with van der Waals surface area (Å²) in [5.41, 5.74) is 1.04. The zero-order valence-corrected chi connectivity index (χ0v) is 26.0.